The van der Waals surface area contributed by atoms with E-state index in [0.29, 0.717) is 6.67 Å². The average molecular weight is 1000 g/mol. The first-order valence-corrected chi connectivity index (χ1v) is 27.1. The fraction of sp³-hybridized carbons (Fsp3) is 0.181. The predicted octanol–water partition coefficient (Wildman–Crippen LogP) is 19.8. The standard InChI is InChI=1S/C72H64N4O/c1-70(2,3)51-33-30-46(31-34-51)47-32-37-64-62(40-47)60-36-35-56-44-67(60)76(64)68-42-53(72(7,8)9)41-63(73-68)50-20-14-18-48(38-50)57-24-10-11-25-59(57)61-27-17-26-58(49-19-15-21-52(39-49)71(4,5)6)69(61)75-45-74(65-28-12-13-29-66(65)75)54-22-16-23-55(43-54)77-56/h10-44H,45H2,1-9H3. The molecule has 10 bridgehead atoms. The highest BCUT2D eigenvalue weighted by Crippen LogP contribution is 2.52. The van der Waals surface area contributed by atoms with Gasteiger partial charge in [0, 0.05) is 45.3 Å². The van der Waals surface area contributed by atoms with E-state index in [1.165, 1.54) is 38.9 Å². The lowest BCUT2D eigenvalue weighted by atomic mass is 9.84. The zero-order valence-corrected chi connectivity index (χ0v) is 45.6. The van der Waals surface area contributed by atoms with Crippen molar-refractivity contribution in [3.63, 3.8) is 0 Å². The van der Waals surface area contributed by atoms with Crippen molar-refractivity contribution in [2.24, 2.45) is 0 Å². The van der Waals surface area contributed by atoms with Crippen molar-refractivity contribution in [1.82, 2.24) is 9.55 Å². The number of benzene rings is 9. The number of hydrogen-bond acceptors (Lipinski definition) is 4. The largest absolute Gasteiger partial charge is 0.457 e. The predicted molar refractivity (Wildman–Crippen MR) is 324 cm³/mol. The number of nitrogens with zero attached hydrogens (tertiary/aromatic N) is 4. The Morgan fingerprint density at radius 1 is 0.377 bits per heavy atom. The van der Waals surface area contributed by atoms with Crippen molar-refractivity contribution in [3.8, 4) is 73.1 Å². The number of rotatable bonds is 2. The summed E-state index contributed by atoms with van der Waals surface area (Å²) in [5.41, 5.74) is 21.6. The molecular weight excluding hydrogens is 937 g/mol. The van der Waals surface area contributed by atoms with Crippen LogP contribution in [0.15, 0.2) is 212 Å². The Balaban J connectivity index is 1.07. The highest BCUT2D eigenvalue weighted by atomic mass is 16.5. The van der Waals surface area contributed by atoms with Gasteiger partial charge in [0.05, 0.1) is 33.8 Å². The molecule has 9 aromatic carbocycles. The van der Waals surface area contributed by atoms with Gasteiger partial charge in [-0.2, -0.15) is 0 Å². The maximum Gasteiger partial charge on any atom is 0.138 e. The van der Waals surface area contributed by atoms with Crippen LogP contribution in [-0.4, -0.2) is 16.2 Å². The number of fused-ring (bicyclic) bond motifs is 23. The SMILES string of the molecule is CC(C)(C)c1ccc(-c2ccc3c(c2)c2ccc4cc2n3-c2cc(C(C)(C)C)cc(n2)-c2cccc(c2)-c2ccccc2-c2cccc(-c3cccc(C(C)(C)C)c3)c2N2CN(c3cccc(c3)O4)c3ccccc32)cc1. The summed E-state index contributed by atoms with van der Waals surface area (Å²) >= 11 is 0. The Hall–Kier alpha value is -8.67. The Bertz CT molecular complexity index is 4120. The number of para-hydroxylation sites is 3. The smallest absolute Gasteiger partial charge is 0.138 e. The van der Waals surface area contributed by atoms with Gasteiger partial charge in [0.15, 0.2) is 0 Å². The van der Waals surface area contributed by atoms with Gasteiger partial charge in [0.25, 0.3) is 0 Å². The molecule has 11 aromatic rings. The van der Waals surface area contributed by atoms with E-state index in [1.807, 2.05) is 0 Å². The van der Waals surface area contributed by atoms with Crippen LogP contribution in [0.25, 0.3) is 83.4 Å². The highest BCUT2D eigenvalue weighted by Gasteiger charge is 2.33. The Morgan fingerprint density at radius 3 is 1.77 bits per heavy atom. The van der Waals surface area contributed by atoms with E-state index in [0.717, 1.165) is 95.4 Å². The molecule has 77 heavy (non-hydrogen) atoms. The van der Waals surface area contributed by atoms with E-state index in [2.05, 4.69) is 289 Å². The van der Waals surface area contributed by atoms with Crippen molar-refractivity contribution < 1.29 is 4.74 Å². The first-order valence-electron chi connectivity index (χ1n) is 27.1. The molecule has 0 unspecified atom stereocenters. The summed E-state index contributed by atoms with van der Waals surface area (Å²) in [6.45, 7) is 21.1. The highest BCUT2D eigenvalue weighted by molar-refractivity contribution is 6.11. The summed E-state index contributed by atoms with van der Waals surface area (Å²) in [6.07, 6.45) is 0. The van der Waals surface area contributed by atoms with Crippen LogP contribution >= 0.6 is 0 Å². The molecule has 4 heterocycles. The number of anilines is 4. The van der Waals surface area contributed by atoms with Crippen molar-refractivity contribution in [1.29, 1.82) is 0 Å². The molecule has 0 spiro atoms. The van der Waals surface area contributed by atoms with Crippen LogP contribution < -0.4 is 14.5 Å². The maximum atomic E-state index is 7.00. The summed E-state index contributed by atoms with van der Waals surface area (Å²) in [5.74, 6) is 2.37. The van der Waals surface area contributed by atoms with E-state index < -0.39 is 0 Å². The molecule has 5 heteroatoms. The van der Waals surface area contributed by atoms with Crippen LogP contribution in [0.3, 0.4) is 0 Å². The minimum Gasteiger partial charge on any atom is -0.457 e. The van der Waals surface area contributed by atoms with Gasteiger partial charge in [-0.15, -0.1) is 0 Å². The molecule has 0 saturated heterocycles. The van der Waals surface area contributed by atoms with Crippen molar-refractivity contribution in [3.05, 3.63) is 229 Å². The zero-order valence-electron chi connectivity index (χ0n) is 45.6. The van der Waals surface area contributed by atoms with E-state index >= 15 is 0 Å². The van der Waals surface area contributed by atoms with Gasteiger partial charge in [-0.05, 0) is 133 Å². The molecule has 0 fully saturated rings. The van der Waals surface area contributed by atoms with Crippen LogP contribution in [-0.2, 0) is 16.2 Å². The van der Waals surface area contributed by atoms with Gasteiger partial charge < -0.3 is 14.5 Å². The molecule has 0 atom stereocenters. The summed E-state index contributed by atoms with van der Waals surface area (Å²) in [7, 11) is 0. The van der Waals surface area contributed by atoms with Gasteiger partial charge in [-0.3, -0.25) is 4.57 Å². The van der Waals surface area contributed by atoms with Crippen molar-refractivity contribution >= 4 is 44.6 Å². The number of hydrogen-bond donors (Lipinski definition) is 0. The molecule has 5 nitrogen and oxygen atoms in total. The number of ether oxygens (including phenoxy) is 1. The number of pyridine rings is 1. The second-order valence-electron chi connectivity index (χ2n) is 24.2. The van der Waals surface area contributed by atoms with Crippen molar-refractivity contribution in [2.75, 3.05) is 16.5 Å². The quantitative estimate of drug-likeness (QED) is 0.173. The van der Waals surface area contributed by atoms with Gasteiger partial charge in [0.2, 0.25) is 0 Å². The first-order chi connectivity index (χ1) is 37.0. The summed E-state index contributed by atoms with van der Waals surface area (Å²) in [5, 5.41) is 2.29. The van der Waals surface area contributed by atoms with Crippen LogP contribution in [0.5, 0.6) is 11.5 Å². The lowest BCUT2D eigenvalue weighted by Crippen LogP contribution is -2.25. The number of aromatic nitrogens is 2. The third kappa shape index (κ3) is 8.55. The van der Waals surface area contributed by atoms with Crippen LogP contribution in [0.4, 0.5) is 22.7 Å². The molecule has 13 rings (SSSR count). The topological polar surface area (TPSA) is 33.5 Å². The molecule has 0 amide bonds. The second-order valence-corrected chi connectivity index (χ2v) is 24.2. The molecular formula is C72H64N4O. The van der Waals surface area contributed by atoms with Gasteiger partial charge in [0.1, 0.15) is 24.0 Å². The summed E-state index contributed by atoms with van der Waals surface area (Å²) in [4.78, 5) is 10.6. The van der Waals surface area contributed by atoms with E-state index in [-0.39, 0.29) is 16.2 Å². The van der Waals surface area contributed by atoms with E-state index in [4.69, 9.17) is 9.72 Å². The van der Waals surface area contributed by atoms with Crippen molar-refractivity contribution in [2.45, 2.75) is 78.6 Å². The zero-order chi connectivity index (χ0) is 53.0. The Labute approximate surface area is 453 Å². The van der Waals surface area contributed by atoms with Crippen LogP contribution in [0, 0.1) is 0 Å². The molecule has 0 N–H and O–H groups in total. The first kappa shape index (κ1) is 48.0. The second kappa shape index (κ2) is 18.0. The third-order valence-electron chi connectivity index (χ3n) is 15.9. The van der Waals surface area contributed by atoms with Gasteiger partial charge in [-0.25, -0.2) is 4.98 Å². The molecule has 378 valence electrons. The Kier molecular flexibility index (Phi) is 11.2. The molecule has 2 aliphatic heterocycles. The molecule has 0 saturated carbocycles. The fourth-order valence-corrected chi connectivity index (χ4v) is 11.6. The van der Waals surface area contributed by atoms with Crippen LogP contribution in [0.2, 0.25) is 0 Å². The van der Waals surface area contributed by atoms with Gasteiger partial charge >= 0.3 is 0 Å². The summed E-state index contributed by atoms with van der Waals surface area (Å²) in [6, 6.07) is 78.4. The molecule has 2 aliphatic rings. The molecule has 0 aliphatic carbocycles. The maximum absolute atomic E-state index is 7.00. The van der Waals surface area contributed by atoms with Gasteiger partial charge in [-0.1, -0.05) is 196 Å². The molecule has 0 radical (unpaired) electrons. The normalized spacial score (nSPS) is 13.3. The third-order valence-corrected chi connectivity index (χ3v) is 15.9. The minimum absolute atomic E-state index is 0.0236. The van der Waals surface area contributed by atoms with E-state index in [9.17, 15) is 0 Å². The monoisotopic (exact) mass is 1000 g/mol. The molecule has 2 aromatic heterocycles. The van der Waals surface area contributed by atoms with E-state index in [1.54, 1.807) is 0 Å². The fourth-order valence-electron chi connectivity index (χ4n) is 11.6. The average Bonchev–Trinajstić information content (AvgIpc) is 4.18. The summed E-state index contributed by atoms with van der Waals surface area (Å²) < 4.78 is 9.35. The minimum atomic E-state index is -0.176. The Morgan fingerprint density at radius 2 is 1.00 bits per heavy atom. The lowest BCUT2D eigenvalue weighted by Gasteiger charge is -2.28. The lowest BCUT2D eigenvalue weighted by molar-refractivity contribution is 0.483. The van der Waals surface area contributed by atoms with Crippen LogP contribution in [0.1, 0.15) is 79.0 Å².